The number of halogens is 1. The fraction of sp³-hybridized carbons (Fsp3) is 0.200. The van der Waals surface area contributed by atoms with Crippen LogP contribution in [-0.2, 0) is 5.75 Å². The van der Waals surface area contributed by atoms with Crippen LogP contribution in [0, 0.1) is 6.92 Å². The Hall–Kier alpha value is -1.30. The summed E-state index contributed by atoms with van der Waals surface area (Å²) in [7, 11) is 1.89. The van der Waals surface area contributed by atoms with E-state index in [0.29, 0.717) is 0 Å². The van der Waals surface area contributed by atoms with E-state index in [4.69, 9.17) is 11.6 Å². The van der Waals surface area contributed by atoms with Gasteiger partial charge in [0.1, 0.15) is 16.5 Å². The van der Waals surface area contributed by atoms with Crippen molar-refractivity contribution in [2.45, 2.75) is 17.6 Å². The van der Waals surface area contributed by atoms with Gasteiger partial charge >= 0.3 is 0 Å². The molecule has 0 atom stereocenters. The van der Waals surface area contributed by atoms with Crippen LogP contribution in [0.3, 0.4) is 0 Å². The SMILES string of the molecule is CNc1nc(CSc2ccc(Cl)cc2)nc2sc(C)cc12. The first kappa shape index (κ1) is 14.6. The molecule has 0 saturated carbocycles. The maximum Gasteiger partial charge on any atom is 0.142 e. The summed E-state index contributed by atoms with van der Waals surface area (Å²) < 4.78 is 0. The van der Waals surface area contributed by atoms with E-state index in [1.807, 2.05) is 31.3 Å². The van der Waals surface area contributed by atoms with Gasteiger partial charge in [0.25, 0.3) is 0 Å². The van der Waals surface area contributed by atoms with Gasteiger partial charge in [-0.25, -0.2) is 9.97 Å². The van der Waals surface area contributed by atoms with Crippen LogP contribution < -0.4 is 5.32 Å². The molecule has 3 nitrogen and oxygen atoms in total. The minimum Gasteiger partial charge on any atom is -0.372 e. The van der Waals surface area contributed by atoms with Crippen molar-refractivity contribution in [3.63, 3.8) is 0 Å². The maximum atomic E-state index is 5.90. The van der Waals surface area contributed by atoms with Gasteiger partial charge in [-0.2, -0.15) is 0 Å². The van der Waals surface area contributed by atoms with E-state index in [-0.39, 0.29) is 0 Å². The summed E-state index contributed by atoms with van der Waals surface area (Å²) in [6.45, 7) is 2.09. The molecule has 6 heteroatoms. The summed E-state index contributed by atoms with van der Waals surface area (Å²) >= 11 is 9.31. The predicted molar refractivity (Wildman–Crippen MR) is 92.7 cm³/mol. The average Bonchev–Trinajstić information content (AvgIpc) is 2.86. The van der Waals surface area contributed by atoms with Gasteiger partial charge in [-0.05, 0) is 37.3 Å². The minimum atomic E-state index is 0.739. The molecule has 2 aromatic heterocycles. The molecule has 3 rings (SSSR count). The standard InChI is InChI=1S/C15H14ClN3S2/c1-9-7-12-14(17-2)18-13(19-15(12)21-9)8-20-11-5-3-10(16)4-6-11/h3-7H,8H2,1-2H3,(H,17,18,19). The summed E-state index contributed by atoms with van der Waals surface area (Å²) in [5.41, 5.74) is 0. The van der Waals surface area contributed by atoms with Crippen LogP contribution in [0.15, 0.2) is 35.2 Å². The molecule has 2 heterocycles. The quantitative estimate of drug-likeness (QED) is 0.682. The number of fused-ring (bicyclic) bond motifs is 1. The molecule has 108 valence electrons. The highest BCUT2D eigenvalue weighted by Crippen LogP contribution is 2.30. The van der Waals surface area contributed by atoms with Crippen molar-refractivity contribution in [3.8, 4) is 0 Å². The molecule has 0 radical (unpaired) electrons. The molecule has 0 fully saturated rings. The fourth-order valence-corrected chi connectivity index (χ4v) is 3.80. The number of nitrogens with one attached hydrogen (secondary N) is 1. The normalized spacial score (nSPS) is 11.0. The number of hydrogen-bond donors (Lipinski definition) is 1. The smallest absolute Gasteiger partial charge is 0.142 e. The van der Waals surface area contributed by atoms with Gasteiger partial charge in [0.05, 0.1) is 11.1 Å². The van der Waals surface area contributed by atoms with E-state index in [0.717, 1.165) is 37.5 Å². The van der Waals surface area contributed by atoms with E-state index in [9.17, 15) is 0 Å². The third kappa shape index (κ3) is 3.31. The number of nitrogens with zero attached hydrogens (tertiary/aromatic N) is 2. The lowest BCUT2D eigenvalue weighted by Crippen LogP contribution is -1.99. The molecule has 0 saturated heterocycles. The van der Waals surface area contributed by atoms with Crippen LogP contribution in [0.5, 0.6) is 0 Å². The number of thioether (sulfide) groups is 1. The van der Waals surface area contributed by atoms with E-state index in [1.54, 1.807) is 23.1 Å². The zero-order chi connectivity index (χ0) is 14.8. The number of benzene rings is 1. The summed E-state index contributed by atoms with van der Waals surface area (Å²) in [5, 5.41) is 5.01. The van der Waals surface area contributed by atoms with Gasteiger partial charge in [0.2, 0.25) is 0 Å². The Morgan fingerprint density at radius 2 is 2.00 bits per heavy atom. The highest BCUT2D eigenvalue weighted by atomic mass is 35.5. The van der Waals surface area contributed by atoms with Crippen molar-refractivity contribution in [2.24, 2.45) is 0 Å². The molecule has 0 spiro atoms. The second-order valence-corrected chi connectivity index (χ2v) is 7.28. The second kappa shape index (κ2) is 6.22. The Labute approximate surface area is 136 Å². The van der Waals surface area contributed by atoms with Gasteiger partial charge < -0.3 is 5.32 Å². The number of rotatable bonds is 4. The molecule has 1 N–H and O–H groups in total. The highest BCUT2D eigenvalue weighted by molar-refractivity contribution is 7.98. The molecular formula is C15H14ClN3S2. The number of anilines is 1. The summed E-state index contributed by atoms with van der Waals surface area (Å²) in [6, 6.07) is 9.95. The third-order valence-corrected chi connectivity index (χ3v) is 5.19. The molecule has 0 amide bonds. The molecular weight excluding hydrogens is 322 g/mol. The molecule has 0 unspecified atom stereocenters. The van der Waals surface area contributed by atoms with E-state index >= 15 is 0 Å². The maximum absolute atomic E-state index is 5.90. The number of aryl methyl sites for hydroxylation is 1. The zero-order valence-corrected chi connectivity index (χ0v) is 14.1. The highest BCUT2D eigenvalue weighted by Gasteiger charge is 2.09. The van der Waals surface area contributed by atoms with E-state index in [2.05, 4.69) is 28.3 Å². The Morgan fingerprint density at radius 3 is 2.71 bits per heavy atom. The largest absolute Gasteiger partial charge is 0.372 e. The van der Waals surface area contributed by atoms with Gasteiger partial charge in [0.15, 0.2) is 0 Å². The summed E-state index contributed by atoms with van der Waals surface area (Å²) in [5.74, 6) is 2.48. The van der Waals surface area contributed by atoms with Crippen molar-refractivity contribution in [3.05, 3.63) is 46.1 Å². The van der Waals surface area contributed by atoms with Crippen LogP contribution in [0.1, 0.15) is 10.7 Å². The van der Waals surface area contributed by atoms with Crippen molar-refractivity contribution >= 4 is 50.7 Å². The fourth-order valence-electron chi connectivity index (χ4n) is 2.02. The zero-order valence-electron chi connectivity index (χ0n) is 11.7. The first-order valence-corrected chi connectivity index (χ1v) is 8.67. The van der Waals surface area contributed by atoms with Crippen LogP contribution in [0.2, 0.25) is 5.02 Å². The average molecular weight is 336 g/mol. The Bertz CT molecular complexity index is 768. The van der Waals surface area contributed by atoms with E-state index in [1.165, 1.54) is 4.88 Å². The first-order chi connectivity index (χ1) is 10.2. The summed E-state index contributed by atoms with van der Waals surface area (Å²) in [6.07, 6.45) is 0. The van der Waals surface area contributed by atoms with E-state index < -0.39 is 0 Å². The summed E-state index contributed by atoms with van der Waals surface area (Å²) in [4.78, 5) is 12.7. The Kier molecular flexibility index (Phi) is 4.33. The molecule has 3 aromatic rings. The number of hydrogen-bond acceptors (Lipinski definition) is 5. The molecule has 0 aliphatic rings. The van der Waals surface area contributed by atoms with Crippen LogP contribution in [-0.4, -0.2) is 17.0 Å². The van der Waals surface area contributed by atoms with Crippen molar-refractivity contribution in [1.82, 2.24) is 9.97 Å². The van der Waals surface area contributed by atoms with Crippen LogP contribution >= 0.6 is 34.7 Å². The monoisotopic (exact) mass is 335 g/mol. The second-order valence-electron chi connectivity index (χ2n) is 4.56. The van der Waals surface area contributed by atoms with Gasteiger partial charge in [-0.1, -0.05) is 11.6 Å². The lowest BCUT2D eigenvalue weighted by atomic mass is 10.3. The van der Waals surface area contributed by atoms with Crippen molar-refractivity contribution in [2.75, 3.05) is 12.4 Å². The Balaban J connectivity index is 1.84. The van der Waals surface area contributed by atoms with Crippen LogP contribution in [0.4, 0.5) is 5.82 Å². The molecule has 21 heavy (non-hydrogen) atoms. The molecule has 1 aromatic carbocycles. The first-order valence-electron chi connectivity index (χ1n) is 6.49. The van der Waals surface area contributed by atoms with Gasteiger partial charge in [-0.15, -0.1) is 23.1 Å². The topological polar surface area (TPSA) is 37.8 Å². The lowest BCUT2D eigenvalue weighted by molar-refractivity contribution is 1.07. The predicted octanol–water partition coefficient (Wildman–Crippen LogP) is 4.99. The number of thiophene rings is 1. The molecule has 0 bridgehead atoms. The molecule has 0 aliphatic heterocycles. The lowest BCUT2D eigenvalue weighted by Gasteiger charge is -2.05. The minimum absolute atomic E-state index is 0.739. The van der Waals surface area contributed by atoms with Gasteiger partial charge in [-0.3, -0.25) is 0 Å². The van der Waals surface area contributed by atoms with Crippen molar-refractivity contribution < 1.29 is 0 Å². The molecule has 0 aliphatic carbocycles. The number of aromatic nitrogens is 2. The third-order valence-electron chi connectivity index (χ3n) is 2.98. The van der Waals surface area contributed by atoms with Crippen molar-refractivity contribution in [1.29, 1.82) is 0 Å². The Morgan fingerprint density at radius 1 is 1.24 bits per heavy atom. The van der Waals surface area contributed by atoms with Gasteiger partial charge in [0, 0.05) is 21.8 Å². The van der Waals surface area contributed by atoms with Crippen LogP contribution in [0.25, 0.3) is 10.2 Å².